The van der Waals surface area contributed by atoms with Gasteiger partial charge in [0.1, 0.15) is 0 Å². The highest BCUT2D eigenvalue weighted by Crippen LogP contribution is 2.52. The number of allylic oxidation sites excluding steroid dienone is 2. The van der Waals surface area contributed by atoms with Gasteiger partial charge < -0.3 is 18.9 Å². The molecule has 7 atom stereocenters. The van der Waals surface area contributed by atoms with E-state index >= 15 is 0 Å². The van der Waals surface area contributed by atoms with Crippen molar-refractivity contribution in [2.45, 2.75) is 63.2 Å². The largest absolute Gasteiger partial charge is 0.356 e. The van der Waals surface area contributed by atoms with E-state index in [1.807, 2.05) is 30.3 Å². The van der Waals surface area contributed by atoms with Crippen LogP contribution >= 0.6 is 0 Å². The van der Waals surface area contributed by atoms with Gasteiger partial charge in [-0.25, -0.2) is 0 Å². The van der Waals surface area contributed by atoms with Crippen LogP contribution in [0.2, 0.25) is 0 Å². The third-order valence-corrected chi connectivity index (χ3v) is 6.92. The fourth-order valence-electron chi connectivity index (χ4n) is 5.54. The maximum Gasteiger partial charge on any atom is 0.191 e. The fourth-order valence-corrected chi connectivity index (χ4v) is 5.54. The van der Waals surface area contributed by atoms with Crippen molar-refractivity contribution in [2.75, 3.05) is 0 Å². The summed E-state index contributed by atoms with van der Waals surface area (Å²) in [7, 11) is 0. The number of hydrogen-bond acceptors (Lipinski definition) is 6. The first-order valence-corrected chi connectivity index (χ1v) is 10.9. The topological polar surface area (TPSA) is 71.1 Å². The van der Waals surface area contributed by atoms with Gasteiger partial charge in [-0.3, -0.25) is 9.59 Å². The van der Waals surface area contributed by atoms with E-state index in [9.17, 15) is 9.59 Å². The summed E-state index contributed by atoms with van der Waals surface area (Å²) in [6.45, 7) is 7.31. The normalized spacial score (nSPS) is 39.5. The predicted octanol–water partition coefficient (Wildman–Crippen LogP) is 3.35. The fraction of sp³-hybridized carbons (Fsp3) is 0.520. The van der Waals surface area contributed by atoms with Crippen LogP contribution in [0.5, 0.6) is 0 Å². The maximum atomic E-state index is 14.2. The van der Waals surface area contributed by atoms with Crippen LogP contribution in [0, 0.1) is 17.8 Å². The number of ketones is 2. The lowest BCUT2D eigenvalue weighted by Crippen LogP contribution is -2.61. The zero-order valence-electron chi connectivity index (χ0n) is 17.9. The van der Waals surface area contributed by atoms with Gasteiger partial charge in [-0.2, -0.15) is 0 Å². The molecule has 0 amide bonds. The summed E-state index contributed by atoms with van der Waals surface area (Å²) in [5, 5.41) is 0. The van der Waals surface area contributed by atoms with E-state index in [2.05, 4.69) is 18.7 Å². The Hall–Kier alpha value is -2.12. The molecule has 1 saturated carbocycles. The molecule has 31 heavy (non-hydrogen) atoms. The first-order valence-electron chi connectivity index (χ1n) is 10.9. The van der Waals surface area contributed by atoms with Crippen molar-refractivity contribution >= 4 is 11.6 Å². The zero-order chi connectivity index (χ0) is 21.8. The van der Waals surface area contributed by atoms with E-state index in [0.717, 1.165) is 18.4 Å². The summed E-state index contributed by atoms with van der Waals surface area (Å²) in [5.41, 5.74) is -0.698. The van der Waals surface area contributed by atoms with Crippen molar-refractivity contribution in [3.63, 3.8) is 0 Å². The van der Waals surface area contributed by atoms with Crippen LogP contribution < -0.4 is 0 Å². The second kappa shape index (κ2) is 7.48. The number of carbonyl (C=O) groups excluding carboxylic acids is 2. The molecule has 164 valence electrons. The molecular formula is C25H28O6. The van der Waals surface area contributed by atoms with Gasteiger partial charge >= 0.3 is 0 Å². The molecule has 2 heterocycles. The molecule has 5 rings (SSSR count). The van der Waals surface area contributed by atoms with E-state index in [1.54, 1.807) is 13.8 Å². The van der Waals surface area contributed by atoms with Gasteiger partial charge in [-0.05, 0) is 50.2 Å². The second-order valence-corrected chi connectivity index (χ2v) is 9.37. The molecule has 4 aliphatic rings. The van der Waals surface area contributed by atoms with Crippen molar-refractivity contribution in [3.8, 4) is 0 Å². The molecule has 0 N–H and O–H groups in total. The SMILES string of the molecule is C=CC(=O)[C@H]1O[C@@H]2OC(C)(C)O[C@@H]2[C@@]1(OCc1ccccc1)C(=O)[C@H]1C[C@H]2C=C[C@@H]1C2. The Bertz CT molecular complexity index is 921. The van der Waals surface area contributed by atoms with Crippen LogP contribution in [0.1, 0.15) is 32.3 Å². The highest BCUT2D eigenvalue weighted by atomic mass is 16.8. The van der Waals surface area contributed by atoms with Crippen LogP contribution in [0.25, 0.3) is 0 Å². The highest BCUT2D eigenvalue weighted by molar-refractivity contribution is 6.03. The van der Waals surface area contributed by atoms with Crippen molar-refractivity contribution in [3.05, 3.63) is 60.7 Å². The van der Waals surface area contributed by atoms with Gasteiger partial charge in [0.05, 0.1) is 6.61 Å². The van der Waals surface area contributed by atoms with Gasteiger partial charge in [0.25, 0.3) is 0 Å². The predicted molar refractivity (Wildman–Crippen MR) is 112 cm³/mol. The summed E-state index contributed by atoms with van der Waals surface area (Å²) in [5.74, 6) is -1.17. The molecule has 2 bridgehead atoms. The number of fused-ring (bicyclic) bond motifs is 3. The molecule has 0 radical (unpaired) electrons. The highest BCUT2D eigenvalue weighted by Gasteiger charge is 2.71. The Morgan fingerprint density at radius 1 is 1.16 bits per heavy atom. The Morgan fingerprint density at radius 3 is 2.58 bits per heavy atom. The number of benzene rings is 1. The van der Waals surface area contributed by atoms with Crippen molar-refractivity contribution in [1.82, 2.24) is 0 Å². The minimum Gasteiger partial charge on any atom is -0.356 e. The molecule has 2 aliphatic carbocycles. The van der Waals surface area contributed by atoms with Crippen molar-refractivity contribution in [2.24, 2.45) is 17.8 Å². The van der Waals surface area contributed by atoms with Gasteiger partial charge in [0, 0.05) is 5.92 Å². The Morgan fingerprint density at radius 2 is 1.94 bits per heavy atom. The lowest BCUT2D eigenvalue weighted by molar-refractivity contribution is -0.234. The number of hydrogen-bond donors (Lipinski definition) is 0. The van der Waals surface area contributed by atoms with Crippen LogP contribution in [0.4, 0.5) is 0 Å². The Labute approximate surface area is 182 Å². The third-order valence-electron chi connectivity index (χ3n) is 6.92. The first kappa shape index (κ1) is 20.8. The molecule has 2 aliphatic heterocycles. The molecule has 3 fully saturated rings. The van der Waals surface area contributed by atoms with E-state index in [0.29, 0.717) is 5.92 Å². The standard InChI is InChI=1S/C25H28O6/c1-4-19(26)21-25(28-14-15-8-6-5-7-9-15,22-23(29-21)31-24(2,3)30-22)20(27)18-13-16-10-11-17(18)12-16/h4-11,16-18,21-23H,1,12-14H2,2-3H3/t16-,17+,18-,21+,22-,23+,25+/m0/s1. The molecule has 0 aromatic heterocycles. The maximum absolute atomic E-state index is 14.2. The molecule has 1 aromatic rings. The zero-order valence-corrected chi connectivity index (χ0v) is 17.9. The van der Waals surface area contributed by atoms with E-state index in [-0.39, 0.29) is 24.2 Å². The van der Waals surface area contributed by atoms with Crippen molar-refractivity contribution < 1.29 is 28.5 Å². The van der Waals surface area contributed by atoms with Crippen LogP contribution in [-0.2, 0) is 35.1 Å². The average molecular weight is 424 g/mol. The lowest BCUT2D eigenvalue weighted by atomic mass is 9.75. The monoisotopic (exact) mass is 424 g/mol. The summed E-state index contributed by atoms with van der Waals surface area (Å²) < 4.78 is 24.5. The van der Waals surface area contributed by atoms with E-state index < -0.39 is 35.7 Å². The molecule has 1 aromatic carbocycles. The first-order chi connectivity index (χ1) is 14.8. The van der Waals surface area contributed by atoms with Crippen LogP contribution in [0.3, 0.4) is 0 Å². The Balaban J connectivity index is 1.56. The number of Topliss-reactive ketones (excluding diaryl/α,β-unsaturated/α-hetero) is 1. The molecule has 0 unspecified atom stereocenters. The van der Waals surface area contributed by atoms with E-state index in [4.69, 9.17) is 18.9 Å². The molecule has 2 saturated heterocycles. The average Bonchev–Trinajstić information content (AvgIpc) is 3.51. The van der Waals surface area contributed by atoms with E-state index in [1.165, 1.54) is 6.08 Å². The van der Waals surface area contributed by atoms with Crippen LogP contribution in [-0.4, -0.2) is 41.5 Å². The van der Waals surface area contributed by atoms with Gasteiger partial charge in [-0.15, -0.1) is 0 Å². The molecule has 6 nitrogen and oxygen atoms in total. The summed E-state index contributed by atoms with van der Waals surface area (Å²) >= 11 is 0. The second-order valence-electron chi connectivity index (χ2n) is 9.37. The molecular weight excluding hydrogens is 396 g/mol. The number of rotatable bonds is 7. The smallest absolute Gasteiger partial charge is 0.191 e. The quantitative estimate of drug-likeness (QED) is 0.494. The summed E-state index contributed by atoms with van der Waals surface area (Å²) in [4.78, 5) is 27.1. The van der Waals surface area contributed by atoms with Crippen LogP contribution in [0.15, 0.2) is 55.1 Å². The Kier molecular flexibility index (Phi) is 5.01. The lowest BCUT2D eigenvalue weighted by Gasteiger charge is -2.38. The number of carbonyl (C=O) groups is 2. The summed E-state index contributed by atoms with van der Waals surface area (Å²) in [6, 6.07) is 9.58. The third kappa shape index (κ3) is 3.33. The number of ether oxygens (including phenoxy) is 4. The molecule has 6 heteroatoms. The van der Waals surface area contributed by atoms with Crippen molar-refractivity contribution in [1.29, 1.82) is 0 Å². The molecule has 0 spiro atoms. The van der Waals surface area contributed by atoms with Gasteiger partial charge in [0.15, 0.2) is 41.5 Å². The van der Waals surface area contributed by atoms with Gasteiger partial charge in [-0.1, -0.05) is 49.1 Å². The van der Waals surface area contributed by atoms with Gasteiger partial charge in [0.2, 0.25) is 0 Å². The summed E-state index contributed by atoms with van der Waals surface area (Å²) in [6.07, 6.45) is 4.35. The minimum absolute atomic E-state index is 0.130. The minimum atomic E-state index is -1.59.